The molecule has 2 aliphatic rings. The molecule has 1 saturated heterocycles. The van der Waals surface area contributed by atoms with Crippen molar-refractivity contribution in [3.63, 3.8) is 0 Å². The van der Waals surface area contributed by atoms with Gasteiger partial charge in [0, 0.05) is 18.7 Å². The predicted octanol–water partition coefficient (Wildman–Crippen LogP) is 3.09. The van der Waals surface area contributed by atoms with Crippen molar-refractivity contribution in [3.8, 4) is 0 Å². The Morgan fingerprint density at radius 3 is 2.63 bits per heavy atom. The summed E-state index contributed by atoms with van der Waals surface area (Å²) in [5.74, 6) is 1.13. The molecule has 0 aromatic heterocycles. The number of benzene rings is 1. The van der Waals surface area contributed by atoms with Gasteiger partial charge in [-0.1, -0.05) is 12.1 Å². The molecule has 1 heterocycles. The molecular weight excluding hydrogens is 241 g/mol. The van der Waals surface area contributed by atoms with Gasteiger partial charge in [-0.05, 0) is 55.7 Å². The molecule has 2 atom stereocenters. The highest BCUT2D eigenvalue weighted by atomic mass is 19.1. The van der Waals surface area contributed by atoms with Gasteiger partial charge >= 0.3 is 0 Å². The highest BCUT2D eigenvalue weighted by Crippen LogP contribution is 2.37. The maximum absolute atomic E-state index is 12.9. The zero-order valence-electron chi connectivity index (χ0n) is 11.4. The van der Waals surface area contributed by atoms with Crippen LogP contribution in [0.3, 0.4) is 0 Å². The summed E-state index contributed by atoms with van der Waals surface area (Å²) in [6.45, 7) is 4.09. The molecule has 104 valence electrons. The van der Waals surface area contributed by atoms with E-state index >= 15 is 0 Å². The Balaban J connectivity index is 1.46. The first-order chi connectivity index (χ1) is 9.22. The van der Waals surface area contributed by atoms with Gasteiger partial charge in [-0.15, -0.1) is 0 Å². The molecule has 1 aromatic carbocycles. The SMILES string of the molecule is CC(NC1CC(c2ccc(F)cc2)C1)C1CCOC1. The monoisotopic (exact) mass is 263 g/mol. The minimum absolute atomic E-state index is 0.146. The number of hydrogen-bond donors (Lipinski definition) is 1. The highest BCUT2D eigenvalue weighted by Gasteiger charge is 2.33. The van der Waals surface area contributed by atoms with Crippen LogP contribution in [0.25, 0.3) is 0 Å². The van der Waals surface area contributed by atoms with E-state index in [0.717, 1.165) is 13.2 Å². The summed E-state index contributed by atoms with van der Waals surface area (Å²) in [4.78, 5) is 0. The molecule has 1 N–H and O–H groups in total. The molecule has 3 rings (SSSR count). The van der Waals surface area contributed by atoms with E-state index in [2.05, 4.69) is 12.2 Å². The van der Waals surface area contributed by atoms with Gasteiger partial charge in [-0.3, -0.25) is 0 Å². The normalized spacial score (nSPS) is 32.0. The van der Waals surface area contributed by atoms with E-state index in [1.165, 1.54) is 24.8 Å². The van der Waals surface area contributed by atoms with Crippen LogP contribution in [0.4, 0.5) is 4.39 Å². The zero-order valence-corrected chi connectivity index (χ0v) is 11.4. The van der Waals surface area contributed by atoms with Crippen LogP contribution in [0.15, 0.2) is 24.3 Å². The first kappa shape index (κ1) is 13.1. The van der Waals surface area contributed by atoms with Gasteiger partial charge in [0.2, 0.25) is 0 Å². The Kier molecular flexibility index (Phi) is 3.85. The second-order valence-corrected chi connectivity index (χ2v) is 6.00. The molecule has 2 unspecified atom stereocenters. The molecule has 1 aliphatic heterocycles. The van der Waals surface area contributed by atoms with E-state index < -0.39 is 0 Å². The van der Waals surface area contributed by atoms with Crippen molar-refractivity contribution < 1.29 is 9.13 Å². The molecule has 0 bridgehead atoms. The minimum Gasteiger partial charge on any atom is -0.381 e. The highest BCUT2D eigenvalue weighted by molar-refractivity contribution is 5.23. The Morgan fingerprint density at radius 1 is 1.26 bits per heavy atom. The van der Waals surface area contributed by atoms with Crippen LogP contribution < -0.4 is 5.32 Å². The summed E-state index contributed by atoms with van der Waals surface area (Å²) < 4.78 is 18.3. The van der Waals surface area contributed by atoms with Crippen LogP contribution >= 0.6 is 0 Å². The third-order valence-corrected chi connectivity index (χ3v) is 4.65. The third kappa shape index (κ3) is 2.98. The fraction of sp³-hybridized carbons (Fsp3) is 0.625. The summed E-state index contributed by atoms with van der Waals surface area (Å²) in [5.41, 5.74) is 1.27. The number of nitrogens with one attached hydrogen (secondary N) is 1. The van der Waals surface area contributed by atoms with Crippen LogP contribution in [0, 0.1) is 11.7 Å². The van der Waals surface area contributed by atoms with Crippen molar-refractivity contribution >= 4 is 0 Å². The van der Waals surface area contributed by atoms with Gasteiger partial charge < -0.3 is 10.1 Å². The van der Waals surface area contributed by atoms with Crippen LogP contribution in [0.1, 0.15) is 37.7 Å². The predicted molar refractivity (Wildman–Crippen MR) is 73.7 cm³/mol. The van der Waals surface area contributed by atoms with E-state index in [1.807, 2.05) is 12.1 Å². The number of ether oxygens (including phenoxy) is 1. The molecule has 0 radical (unpaired) electrons. The molecule has 1 aliphatic carbocycles. The average molecular weight is 263 g/mol. The molecule has 3 heteroatoms. The van der Waals surface area contributed by atoms with Gasteiger partial charge in [-0.2, -0.15) is 0 Å². The van der Waals surface area contributed by atoms with E-state index in [-0.39, 0.29) is 5.82 Å². The average Bonchev–Trinajstić information content (AvgIpc) is 2.88. The van der Waals surface area contributed by atoms with Crippen LogP contribution in [0.2, 0.25) is 0 Å². The molecule has 19 heavy (non-hydrogen) atoms. The molecule has 2 nitrogen and oxygen atoms in total. The van der Waals surface area contributed by atoms with Crippen LogP contribution in [-0.2, 0) is 4.74 Å². The van der Waals surface area contributed by atoms with Gasteiger partial charge in [0.15, 0.2) is 0 Å². The topological polar surface area (TPSA) is 21.3 Å². The number of halogens is 1. The Labute approximate surface area is 114 Å². The van der Waals surface area contributed by atoms with Crippen molar-refractivity contribution in [3.05, 3.63) is 35.6 Å². The quantitative estimate of drug-likeness (QED) is 0.901. The fourth-order valence-electron chi connectivity index (χ4n) is 3.22. The molecule has 0 amide bonds. The van der Waals surface area contributed by atoms with Gasteiger partial charge in [0.1, 0.15) is 5.82 Å². The largest absolute Gasteiger partial charge is 0.381 e. The Morgan fingerprint density at radius 2 is 2.00 bits per heavy atom. The summed E-state index contributed by atoms with van der Waals surface area (Å²) in [6, 6.07) is 8.13. The number of hydrogen-bond acceptors (Lipinski definition) is 2. The second-order valence-electron chi connectivity index (χ2n) is 6.00. The van der Waals surface area contributed by atoms with Gasteiger partial charge in [0.05, 0.1) is 6.61 Å². The van der Waals surface area contributed by atoms with E-state index in [1.54, 1.807) is 12.1 Å². The molecule has 2 fully saturated rings. The first-order valence-electron chi connectivity index (χ1n) is 7.31. The number of rotatable bonds is 4. The maximum Gasteiger partial charge on any atom is 0.123 e. The van der Waals surface area contributed by atoms with Crippen molar-refractivity contribution in [1.82, 2.24) is 5.32 Å². The second kappa shape index (κ2) is 5.59. The van der Waals surface area contributed by atoms with Crippen molar-refractivity contribution in [2.24, 2.45) is 5.92 Å². The minimum atomic E-state index is -0.146. The smallest absolute Gasteiger partial charge is 0.123 e. The van der Waals surface area contributed by atoms with Gasteiger partial charge in [-0.25, -0.2) is 4.39 Å². The summed E-state index contributed by atoms with van der Waals surface area (Å²) in [6.07, 6.45) is 3.52. The van der Waals surface area contributed by atoms with Crippen LogP contribution in [-0.4, -0.2) is 25.3 Å². The molecule has 1 saturated carbocycles. The zero-order chi connectivity index (χ0) is 13.2. The van der Waals surface area contributed by atoms with E-state index in [0.29, 0.717) is 23.9 Å². The molecule has 1 aromatic rings. The fourth-order valence-corrected chi connectivity index (χ4v) is 3.22. The Bertz CT molecular complexity index is 407. The summed E-state index contributed by atoms with van der Waals surface area (Å²) in [5, 5.41) is 3.72. The first-order valence-corrected chi connectivity index (χ1v) is 7.31. The molecular formula is C16H22FNO. The lowest BCUT2D eigenvalue weighted by atomic mass is 9.75. The summed E-state index contributed by atoms with van der Waals surface area (Å²) >= 11 is 0. The van der Waals surface area contributed by atoms with E-state index in [4.69, 9.17) is 4.74 Å². The lowest BCUT2D eigenvalue weighted by molar-refractivity contribution is 0.170. The standard InChI is InChI=1S/C16H22FNO/c1-11(13-6-7-19-10-13)18-16-8-14(9-16)12-2-4-15(17)5-3-12/h2-5,11,13-14,16,18H,6-10H2,1H3. The van der Waals surface area contributed by atoms with Crippen molar-refractivity contribution in [2.45, 2.75) is 44.2 Å². The van der Waals surface area contributed by atoms with Gasteiger partial charge in [0.25, 0.3) is 0 Å². The Hall–Kier alpha value is -0.930. The van der Waals surface area contributed by atoms with Crippen molar-refractivity contribution in [1.29, 1.82) is 0 Å². The summed E-state index contributed by atoms with van der Waals surface area (Å²) in [7, 11) is 0. The van der Waals surface area contributed by atoms with Crippen molar-refractivity contribution in [2.75, 3.05) is 13.2 Å². The van der Waals surface area contributed by atoms with E-state index in [9.17, 15) is 4.39 Å². The maximum atomic E-state index is 12.9. The molecule has 0 spiro atoms. The lowest BCUT2D eigenvalue weighted by Crippen LogP contribution is -2.47. The lowest BCUT2D eigenvalue weighted by Gasteiger charge is -2.39. The third-order valence-electron chi connectivity index (χ3n) is 4.65. The van der Waals surface area contributed by atoms with Crippen LogP contribution in [0.5, 0.6) is 0 Å².